The molecule has 0 N–H and O–H groups in total. The Morgan fingerprint density at radius 2 is 1.85 bits per heavy atom. The molecule has 1 aliphatic heterocycles. The predicted molar refractivity (Wildman–Crippen MR) is 76.0 cm³/mol. The number of ether oxygens (including phenoxy) is 1. The van der Waals surface area contributed by atoms with Gasteiger partial charge in [0.25, 0.3) is 0 Å². The zero-order chi connectivity index (χ0) is 13.9. The molecule has 1 aromatic carbocycles. The van der Waals surface area contributed by atoms with Crippen molar-refractivity contribution in [3.8, 4) is 0 Å². The van der Waals surface area contributed by atoms with Crippen molar-refractivity contribution >= 4 is 17.9 Å². The molecule has 0 radical (unpaired) electrons. The number of carbonyl (C=O) groups excluding carboxylic acids is 1. The van der Waals surface area contributed by atoms with Gasteiger partial charge in [-0.1, -0.05) is 18.2 Å². The van der Waals surface area contributed by atoms with Crippen molar-refractivity contribution in [1.29, 1.82) is 0 Å². The Balaban J connectivity index is 1.98. The zero-order valence-corrected chi connectivity index (χ0v) is 10.9. The molecule has 98 valence electrons. The molecule has 0 bridgehead atoms. The SMILES string of the molecule is Cc1ccccc1C1=NC(=Cc2ccncc2)C(=O)O1. The summed E-state index contributed by atoms with van der Waals surface area (Å²) in [6, 6.07) is 11.3. The highest BCUT2D eigenvalue weighted by atomic mass is 16.6. The van der Waals surface area contributed by atoms with Crippen molar-refractivity contribution in [3.05, 3.63) is 71.2 Å². The van der Waals surface area contributed by atoms with E-state index in [1.54, 1.807) is 18.5 Å². The number of hydrogen-bond acceptors (Lipinski definition) is 4. The lowest BCUT2D eigenvalue weighted by Gasteiger charge is -2.02. The summed E-state index contributed by atoms with van der Waals surface area (Å²) >= 11 is 0. The summed E-state index contributed by atoms with van der Waals surface area (Å²) < 4.78 is 5.24. The molecular weight excluding hydrogens is 252 g/mol. The third-order valence-electron chi connectivity index (χ3n) is 3.01. The van der Waals surface area contributed by atoms with Crippen LogP contribution < -0.4 is 0 Å². The van der Waals surface area contributed by atoms with Crippen LogP contribution in [0.3, 0.4) is 0 Å². The van der Waals surface area contributed by atoms with Crippen LogP contribution in [0.2, 0.25) is 0 Å². The molecule has 2 aromatic rings. The van der Waals surface area contributed by atoms with E-state index in [0.717, 1.165) is 16.7 Å². The molecule has 2 heterocycles. The number of pyridine rings is 1. The smallest absolute Gasteiger partial charge is 0.363 e. The standard InChI is InChI=1S/C16H12N2O2/c1-11-4-2-3-5-13(11)15-18-14(16(19)20-15)10-12-6-8-17-9-7-12/h2-10H,1H3. The minimum atomic E-state index is -0.430. The minimum absolute atomic E-state index is 0.300. The molecule has 4 heteroatoms. The molecule has 0 aliphatic carbocycles. The molecule has 1 aromatic heterocycles. The van der Waals surface area contributed by atoms with Gasteiger partial charge in [-0.2, -0.15) is 0 Å². The van der Waals surface area contributed by atoms with Crippen LogP contribution >= 0.6 is 0 Å². The van der Waals surface area contributed by atoms with Gasteiger partial charge in [0.05, 0.1) is 0 Å². The molecule has 4 nitrogen and oxygen atoms in total. The van der Waals surface area contributed by atoms with Crippen LogP contribution in [0.15, 0.2) is 59.5 Å². The van der Waals surface area contributed by atoms with Crippen LogP contribution in [-0.4, -0.2) is 16.9 Å². The number of aryl methyl sites for hydroxylation is 1. The molecule has 3 rings (SSSR count). The van der Waals surface area contributed by atoms with Gasteiger partial charge >= 0.3 is 5.97 Å². The number of carbonyl (C=O) groups is 1. The molecule has 0 atom stereocenters. The summed E-state index contributed by atoms with van der Waals surface area (Å²) in [5.74, 6) is -0.0755. The summed E-state index contributed by atoms with van der Waals surface area (Å²) in [4.78, 5) is 20.1. The minimum Gasteiger partial charge on any atom is -0.402 e. The second-order valence-corrected chi connectivity index (χ2v) is 4.43. The lowest BCUT2D eigenvalue weighted by Crippen LogP contribution is -2.06. The van der Waals surface area contributed by atoms with Crippen molar-refractivity contribution < 1.29 is 9.53 Å². The van der Waals surface area contributed by atoms with Crippen molar-refractivity contribution in [1.82, 2.24) is 4.98 Å². The second-order valence-electron chi connectivity index (χ2n) is 4.43. The zero-order valence-electron chi connectivity index (χ0n) is 10.9. The van der Waals surface area contributed by atoms with Crippen molar-refractivity contribution in [2.45, 2.75) is 6.92 Å². The first kappa shape index (κ1) is 12.3. The van der Waals surface area contributed by atoms with E-state index in [1.807, 2.05) is 43.3 Å². The third kappa shape index (κ3) is 2.36. The Labute approximate surface area is 116 Å². The summed E-state index contributed by atoms with van der Waals surface area (Å²) in [6.07, 6.45) is 5.02. The van der Waals surface area contributed by atoms with E-state index in [9.17, 15) is 4.79 Å². The van der Waals surface area contributed by atoms with Crippen molar-refractivity contribution in [2.75, 3.05) is 0 Å². The van der Waals surface area contributed by atoms with Crippen molar-refractivity contribution in [2.24, 2.45) is 4.99 Å². The lowest BCUT2D eigenvalue weighted by molar-refractivity contribution is -0.129. The normalized spacial score (nSPS) is 16.1. The van der Waals surface area contributed by atoms with Crippen molar-refractivity contribution in [3.63, 3.8) is 0 Å². The summed E-state index contributed by atoms with van der Waals surface area (Å²) in [7, 11) is 0. The van der Waals surface area contributed by atoms with Gasteiger partial charge in [-0.05, 0) is 42.3 Å². The largest absolute Gasteiger partial charge is 0.402 e. The third-order valence-corrected chi connectivity index (χ3v) is 3.01. The molecule has 0 amide bonds. The maximum absolute atomic E-state index is 11.9. The highest BCUT2D eigenvalue weighted by molar-refractivity contribution is 6.13. The van der Waals surface area contributed by atoms with Gasteiger partial charge in [0.2, 0.25) is 5.90 Å². The molecule has 20 heavy (non-hydrogen) atoms. The first-order valence-electron chi connectivity index (χ1n) is 6.22. The Hall–Kier alpha value is -2.75. The molecule has 0 spiro atoms. The van der Waals surface area contributed by atoms with Gasteiger partial charge < -0.3 is 4.74 Å². The molecule has 1 aliphatic rings. The quantitative estimate of drug-likeness (QED) is 0.619. The second kappa shape index (κ2) is 5.09. The molecular formula is C16H12N2O2. The van der Waals surface area contributed by atoms with Crippen LogP contribution in [-0.2, 0) is 9.53 Å². The average molecular weight is 264 g/mol. The van der Waals surface area contributed by atoms with E-state index in [2.05, 4.69) is 9.98 Å². The van der Waals surface area contributed by atoms with Gasteiger partial charge in [0.1, 0.15) is 0 Å². The number of aromatic nitrogens is 1. The molecule has 0 unspecified atom stereocenters. The van der Waals surface area contributed by atoms with Gasteiger partial charge in [0.15, 0.2) is 5.70 Å². The first-order chi connectivity index (χ1) is 9.74. The molecule has 0 saturated carbocycles. The highest BCUT2D eigenvalue weighted by Gasteiger charge is 2.24. The van der Waals surface area contributed by atoms with E-state index in [-0.39, 0.29) is 0 Å². The van der Waals surface area contributed by atoms with Crippen LogP contribution in [0.4, 0.5) is 0 Å². The number of hydrogen-bond donors (Lipinski definition) is 0. The number of esters is 1. The maximum Gasteiger partial charge on any atom is 0.363 e. The maximum atomic E-state index is 11.9. The summed E-state index contributed by atoms with van der Waals surface area (Å²) in [6.45, 7) is 1.95. The van der Waals surface area contributed by atoms with E-state index < -0.39 is 5.97 Å². The Kier molecular flexibility index (Phi) is 3.13. The predicted octanol–water partition coefficient (Wildman–Crippen LogP) is 2.73. The van der Waals surface area contributed by atoms with Gasteiger partial charge in [-0.15, -0.1) is 0 Å². The lowest BCUT2D eigenvalue weighted by atomic mass is 10.1. The molecule has 0 fully saturated rings. The van der Waals surface area contributed by atoms with E-state index >= 15 is 0 Å². The Morgan fingerprint density at radius 1 is 1.10 bits per heavy atom. The number of aliphatic imine (C=N–C) groups is 1. The Morgan fingerprint density at radius 3 is 2.60 bits per heavy atom. The molecule has 0 saturated heterocycles. The first-order valence-corrected chi connectivity index (χ1v) is 6.22. The highest BCUT2D eigenvalue weighted by Crippen LogP contribution is 2.20. The fraction of sp³-hybridized carbons (Fsp3) is 0.0625. The number of nitrogens with zero attached hydrogens (tertiary/aromatic N) is 2. The topological polar surface area (TPSA) is 51.5 Å². The number of benzene rings is 1. The average Bonchev–Trinajstić information content (AvgIpc) is 2.81. The number of cyclic esters (lactones) is 1. The van der Waals surface area contributed by atoms with Gasteiger partial charge in [-0.25, -0.2) is 9.79 Å². The fourth-order valence-corrected chi connectivity index (χ4v) is 1.95. The van der Waals surface area contributed by atoms with Crippen LogP contribution in [0.1, 0.15) is 16.7 Å². The Bertz CT molecular complexity index is 718. The number of rotatable bonds is 2. The summed E-state index contributed by atoms with van der Waals surface area (Å²) in [5.41, 5.74) is 3.01. The van der Waals surface area contributed by atoms with E-state index in [0.29, 0.717) is 11.6 Å². The van der Waals surface area contributed by atoms with Gasteiger partial charge in [0, 0.05) is 18.0 Å². The fourth-order valence-electron chi connectivity index (χ4n) is 1.95. The van der Waals surface area contributed by atoms with Crippen LogP contribution in [0, 0.1) is 6.92 Å². The van der Waals surface area contributed by atoms with Gasteiger partial charge in [-0.3, -0.25) is 4.98 Å². The summed E-state index contributed by atoms with van der Waals surface area (Å²) in [5, 5.41) is 0. The van der Waals surface area contributed by atoms with E-state index in [4.69, 9.17) is 4.74 Å². The van der Waals surface area contributed by atoms with Crippen LogP contribution in [0.25, 0.3) is 6.08 Å². The van der Waals surface area contributed by atoms with Crippen LogP contribution in [0.5, 0.6) is 0 Å². The van der Waals surface area contributed by atoms with E-state index in [1.165, 1.54) is 0 Å². The monoisotopic (exact) mass is 264 g/mol.